The third-order valence-electron chi connectivity index (χ3n) is 9.42. The van der Waals surface area contributed by atoms with Crippen molar-refractivity contribution < 1.29 is 27.5 Å². The second kappa shape index (κ2) is 15.9. The Bertz CT molecular complexity index is 1860. The van der Waals surface area contributed by atoms with Crippen LogP contribution in [0.25, 0.3) is 22.5 Å². The molecule has 1 saturated carbocycles. The van der Waals surface area contributed by atoms with Crippen molar-refractivity contribution in [2.45, 2.75) is 43.0 Å². The number of rotatable bonds is 12. The lowest BCUT2D eigenvalue weighted by Gasteiger charge is -2.28. The normalized spacial score (nSPS) is 19.0. The molecule has 1 saturated heterocycles. The average molecular weight is 703 g/mol. The van der Waals surface area contributed by atoms with E-state index in [9.17, 15) is 18.0 Å². The van der Waals surface area contributed by atoms with E-state index in [-0.39, 0.29) is 47.9 Å². The number of amides is 2. The maximum atomic E-state index is 13.7. The maximum absolute atomic E-state index is 13.7. The number of methoxy groups -OCH3 is 1. The highest BCUT2D eigenvalue weighted by Crippen LogP contribution is 2.33. The molecule has 5 N–H and O–H groups in total. The molecule has 1 aromatic heterocycles. The first-order valence-corrected chi connectivity index (χ1v) is 18.2. The van der Waals surface area contributed by atoms with E-state index in [0.29, 0.717) is 42.8 Å². The predicted molar refractivity (Wildman–Crippen MR) is 186 cm³/mol. The van der Waals surface area contributed by atoms with Crippen LogP contribution in [0.2, 0.25) is 0 Å². The number of nitrogens with two attached hydrogens (primary N) is 1. The largest absolute Gasteiger partial charge is 0.495 e. The zero-order valence-corrected chi connectivity index (χ0v) is 28.7. The first kappa shape index (κ1) is 35.1. The summed E-state index contributed by atoms with van der Waals surface area (Å²) < 4.78 is 39.2. The third kappa shape index (κ3) is 8.18. The van der Waals surface area contributed by atoms with E-state index in [2.05, 4.69) is 31.3 Å². The van der Waals surface area contributed by atoms with Gasteiger partial charge < -0.3 is 25.8 Å². The van der Waals surface area contributed by atoms with Gasteiger partial charge in [-0.15, -0.1) is 10.2 Å². The lowest BCUT2D eigenvalue weighted by atomic mass is 9.81. The number of sulfonamides is 1. The Morgan fingerprint density at radius 2 is 1.66 bits per heavy atom. The minimum atomic E-state index is -3.81. The Kier molecular flexibility index (Phi) is 11.2. The number of hydrogen-bond acceptors (Lipinski definition) is 10. The number of aromatic nitrogens is 4. The van der Waals surface area contributed by atoms with Crippen LogP contribution in [0, 0.1) is 11.8 Å². The summed E-state index contributed by atoms with van der Waals surface area (Å²) in [4.78, 5) is 27.2. The van der Waals surface area contributed by atoms with Gasteiger partial charge >= 0.3 is 0 Å². The number of ether oxygens (including phenoxy) is 2. The van der Waals surface area contributed by atoms with E-state index >= 15 is 0 Å². The van der Waals surface area contributed by atoms with Gasteiger partial charge in [0.2, 0.25) is 27.7 Å². The van der Waals surface area contributed by atoms with Crippen LogP contribution in [0.15, 0.2) is 71.6 Å². The Labute approximate surface area is 291 Å². The van der Waals surface area contributed by atoms with Crippen molar-refractivity contribution in [1.29, 1.82) is 0 Å². The number of H-pyrrole nitrogens is 1. The number of benzene rings is 3. The lowest BCUT2D eigenvalue weighted by molar-refractivity contribution is -0.130. The van der Waals surface area contributed by atoms with Gasteiger partial charge in [-0.3, -0.25) is 9.59 Å². The van der Waals surface area contributed by atoms with Crippen LogP contribution >= 0.6 is 0 Å². The van der Waals surface area contributed by atoms with Gasteiger partial charge in [-0.2, -0.15) is 9.52 Å². The zero-order chi connectivity index (χ0) is 35.1. The summed E-state index contributed by atoms with van der Waals surface area (Å²) in [5, 5.41) is 19.9. The SMILES string of the molecule is COc1ccc(-c2ccc(C[C@H](NC(=O)C3CCC(CN)CC3)C(=O)Nc3ccc(-c4nn[nH]n4)cc3)cc2)cc1S(=O)(=O)N1CCOCC1. The van der Waals surface area contributed by atoms with Crippen molar-refractivity contribution in [2.75, 3.05) is 45.3 Å². The highest BCUT2D eigenvalue weighted by Gasteiger charge is 2.31. The highest BCUT2D eigenvalue weighted by molar-refractivity contribution is 7.89. The molecule has 6 rings (SSSR count). The fourth-order valence-electron chi connectivity index (χ4n) is 6.43. The van der Waals surface area contributed by atoms with Crippen molar-refractivity contribution in [3.63, 3.8) is 0 Å². The Hall–Kier alpha value is -4.70. The summed E-state index contributed by atoms with van der Waals surface area (Å²) >= 11 is 0. The molecule has 0 unspecified atom stereocenters. The molecule has 2 heterocycles. The fraction of sp³-hybridized carbons (Fsp3) is 0.400. The predicted octanol–water partition coefficient (Wildman–Crippen LogP) is 2.99. The summed E-state index contributed by atoms with van der Waals surface area (Å²) in [6.07, 6.45) is 3.50. The first-order valence-electron chi connectivity index (χ1n) is 16.8. The molecule has 15 heteroatoms. The number of aromatic amines is 1. The lowest BCUT2D eigenvalue weighted by Crippen LogP contribution is -2.48. The second-order valence-corrected chi connectivity index (χ2v) is 14.5. The molecule has 50 heavy (non-hydrogen) atoms. The molecule has 0 bridgehead atoms. The fourth-order valence-corrected chi connectivity index (χ4v) is 8.02. The van der Waals surface area contributed by atoms with Crippen LogP contribution in [0.5, 0.6) is 5.75 Å². The van der Waals surface area contributed by atoms with Gasteiger partial charge in [-0.1, -0.05) is 30.3 Å². The van der Waals surface area contributed by atoms with Crippen LogP contribution in [-0.4, -0.2) is 91.2 Å². The molecule has 264 valence electrons. The molecule has 4 aromatic rings. The third-order valence-corrected chi connectivity index (χ3v) is 11.3. The van der Waals surface area contributed by atoms with Crippen LogP contribution in [0.1, 0.15) is 31.2 Å². The van der Waals surface area contributed by atoms with Crippen LogP contribution < -0.4 is 21.1 Å². The van der Waals surface area contributed by atoms with Crippen LogP contribution in [0.3, 0.4) is 0 Å². The van der Waals surface area contributed by atoms with E-state index < -0.39 is 16.1 Å². The minimum absolute atomic E-state index is 0.0914. The number of tetrazole rings is 1. The zero-order valence-electron chi connectivity index (χ0n) is 27.9. The molecule has 2 amide bonds. The monoisotopic (exact) mass is 702 g/mol. The number of carbonyl (C=O) groups is 2. The Balaban J connectivity index is 1.20. The van der Waals surface area contributed by atoms with E-state index in [0.717, 1.165) is 42.4 Å². The molecular weight excluding hydrogens is 661 g/mol. The Morgan fingerprint density at radius 3 is 2.30 bits per heavy atom. The van der Waals surface area contributed by atoms with Gasteiger partial charge in [-0.25, -0.2) is 8.42 Å². The summed E-state index contributed by atoms with van der Waals surface area (Å²) in [5.41, 5.74) is 9.46. The molecular formula is C35H42N8O6S. The van der Waals surface area contributed by atoms with Crippen molar-refractivity contribution in [3.05, 3.63) is 72.3 Å². The second-order valence-electron chi connectivity index (χ2n) is 12.6. The molecule has 1 aliphatic carbocycles. The van der Waals surface area contributed by atoms with E-state index in [1.54, 1.807) is 36.4 Å². The molecule has 0 radical (unpaired) electrons. The van der Waals surface area contributed by atoms with Crippen molar-refractivity contribution in [1.82, 2.24) is 30.2 Å². The van der Waals surface area contributed by atoms with E-state index in [1.165, 1.54) is 11.4 Å². The summed E-state index contributed by atoms with van der Waals surface area (Å²) in [6.45, 7) is 1.84. The standard InChI is InChI=1S/C35H42N8O6S/c1-48-31-15-12-28(21-32(31)50(46,47)43-16-18-49-19-17-43)25-6-2-23(3-7-25)20-30(38-34(44)27-8-4-24(22-36)5-9-27)35(45)37-29-13-10-26(11-14-29)33-39-41-42-40-33/h2-3,6-7,10-15,21,24,27,30H,4-5,8-9,16-20,22,36H2,1H3,(H,37,45)(H,38,44)(H,39,40,41,42)/t24?,27?,30-/m0/s1. The Morgan fingerprint density at radius 1 is 0.980 bits per heavy atom. The van der Waals surface area contributed by atoms with Crippen molar-refractivity contribution >= 4 is 27.5 Å². The molecule has 2 aliphatic rings. The molecule has 1 aliphatic heterocycles. The van der Waals surface area contributed by atoms with Crippen LogP contribution in [-0.2, 0) is 30.8 Å². The summed E-state index contributed by atoms with van der Waals surface area (Å²) in [5.74, 6) is 0.458. The topological polar surface area (TPSA) is 195 Å². The molecule has 14 nitrogen and oxygen atoms in total. The van der Waals surface area contributed by atoms with Crippen molar-refractivity contribution in [2.24, 2.45) is 17.6 Å². The highest BCUT2D eigenvalue weighted by atomic mass is 32.2. The average Bonchev–Trinajstić information content (AvgIpc) is 3.71. The maximum Gasteiger partial charge on any atom is 0.247 e. The minimum Gasteiger partial charge on any atom is -0.495 e. The number of anilines is 1. The van der Waals surface area contributed by atoms with Crippen LogP contribution in [0.4, 0.5) is 5.69 Å². The summed E-state index contributed by atoms with van der Waals surface area (Å²) in [7, 11) is -2.36. The van der Waals surface area contributed by atoms with E-state index in [4.69, 9.17) is 15.2 Å². The van der Waals surface area contributed by atoms with Gasteiger partial charge in [-0.05, 0) is 96.4 Å². The summed E-state index contributed by atoms with van der Waals surface area (Å²) in [6, 6.07) is 18.8. The van der Waals surface area contributed by atoms with Gasteiger partial charge in [0.05, 0.1) is 20.3 Å². The first-order chi connectivity index (χ1) is 24.2. The molecule has 2 fully saturated rings. The molecule has 3 aromatic carbocycles. The van der Waals surface area contributed by atoms with Gasteiger partial charge in [0, 0.05) is 36.7 Å². The molecule has 0 spiro atoms. The van der Waals surface area contributed by atoms with Gasteiger partial charge in [0.1, 0.15) is 16.7 Å². The smallest absolute Gasteiger partial charge is 0.247 e. The van der Waals surface area contributed by atoms with E-state index in [1.807, 2.05) is 30.3 Å². The van der Waals surface area contributed by atoms with Crippen molar-refractivity contribution in [3.8, 4) is 28.3 Å². The quantitative estimate of drug-likeness (QED) is 0.171. The van der Waals surface area contributed by atoms with Gasteiger partial charge in [0.15, 0.2) is 0 Å². The number of hydrogen-bond donors (Lipinski definition) is 4. The number of nitrogens with zero attached hydrogens (tertiary/aromatic N) is 4. The molecule has 1 atom stereocenters. The van der Waals surface area contributed by atoms with Gasteiger partial charge in [0.25, 0.3) is 0 Å². The number of morpholine rings is 1. The number of carbonyl (C=O) groups excluding carboxylic acids is 2. The number of nitrogens with one attached hydrogen (secondary N) is 3.